The molecule has 2 heteroatoms. The third-order valence-electron chi connectivity index (χ3n) is 14.1. The minimum atomic E-state index is -0.103. The number of fused-ring (bicyclic) bond motifs is 6. The number of nitrogens with zero attached hydrogens (tertiary/aromatic N) is 2. The van der Waals surface area contributed by atoms with Crippen molar-refractivity contribution in [1.82, 2.24) is 0 Å². The highest BCUT2D eigenvalue weighted by Crippen LogP contribution is 2.54. The molecule has 10 rings (SSSR count). The Labute approximate surface area is 369 Å². The first kappa shape index (κ1) is 39.7. The maximum absolute atomic E-state index is 2.51. The van der Waals surface area contributed by atoms with E-state index in [2.05, 4.69) is 225 Å². The number of hydrogen-bond acceptors (Lipinski definition) is 2. The summed E-state index contributed by atoms with van der Waals surface area (Å²) in [5.41, 5.74) is 28.1. The Bertz CT molecular complexity index is 2990. The molecule has 0 aromatic heterocycles. The Morgan fingerprint density at radius 3 is 1.39 bits per heavy atom. The van der Waals surface area contributed by atoms with E-state index in [1.165, 1.54) is 112 Å². The summed E-state index contributed by atoms with van der Waals surface area (Å²) in [5, 5.41) is 0. The number of benzene rings is 7. The van der Waals surface area contributed by atoms with E-state index in [0.717, 1.165) is 24.2 Å². The van der Waals surface area contributed by atoms with Crippen LogP contribution in [0.15, 0.2) is 151 Å². The van der Waals surface area contributed by atoms with Crippen molar-refractivity contribution >= 4 is 39.7 Å². The highest BCUT2D eigenvalue weighted by Gasteiger charge is 2.39. The smallest absolute Gasteiger partial charge is 0.0520 e. The van der Waals surface area contributed by atoms with Gasteiger partial charge in [0.05, 0.1) is 11.4 Å². The van der Waals surface area contributed by atoms with Crippen LogP contribution in [-0.4, -0.2) is 0 Å². The summed E-state index contributed by atoms with van der Waals surface area (Å²) < 4.78 is 0. The summed E-state index contributed by atoms with van der Waals surface area (Å²) >= 11 is 0. The number of hydrogen-bond donors (Lipinski definition) is 0. The lowest BCUT2D eigenvalue weighted by atomic mass is 9.80. The fourth-order valence-corrected chi connectivity index (χ4v) is 11.4. The molecule has 0 heterocycles. The number of allylic oxidation sites excluding steroid dienone is 4. The van der Waals surface area contributed by atoms with Crippen LogP contribution in [0.1, 0.15) is 96.2 Å². The first-order valence-corrected chi connectivity index (χ1v) is 22.5. The van der Waals surface area contributed by atoms with Crippen molar-refractivity contribution in [2.24, 2.45) is 0 Å². The molecule has 7 aromatic rings. The van der Waals surface area contributed by atoms with Crippen LogP contribution >= 0.6 is 0 Å². The second-order valence-corrected chi connectivity index (χ2v) is 19.3. The van der Waals surface area contributed by atoms with Crippen molar-refractivity contribution in [2.75, 3.05) is 9.80 Å². The average molecular weight is 807 g/mol. The van der Waals surface area contributed by atoms with E-state index in [1.807, 2.05) is 0 Å². The van der Waals surface area contributed by atoms with Crippen molar-refractivity contribution < 1.29 is 0 Å². The normalized spacial score (nSPS) is 15.3. The zero-order valence-electron chi connectivity index (χ0n) is 38.2. The topological polar surface area (TPSA) is 6.48 Å². The number of rotatable bonds is 7. The highest BCUT2D eigenvalue weighted by atomic mass is 15.2. The van der Waals surface area contributed by atoms with Gasteiger partial charge in [-0.05, 0) is 181 Å². The van der Waals surface area contributed by atoms with Gasteiger partial charge in [-0.3, -0.25) is 0 Å². The minimum absolute atomic E-state index is 0.0540. The number of aryl methyl sites for hydroxylation is 6. The summed E-state index contributed by atoms with van der Waals surface area (Å²) in [7, 11) is 0. The van der Waals surface area contributed by atoms with E-state index < -0.39 is 0 Å². The van der Waals surface area contributed by atoms with Crippen LogP contribution in [0.5, 0.6) is 0 Å². The monoisotopic (exact) mass is 806 g/mol. The third-order valence-corrected chi connectivity index (χ3v) is 14.1. The summed E-state index contributed by atoms with van der Waals surface area (Å²) in [4.78, 5) is 5.01. The van der Waals surface area contributed by atoms with Crippen molar-refractivity contribution in [3.63, 3.8) is 0 Å². The van der Waals surface area contributed by atoms with E-state index in [-0.39, 0.29) is 10.8 Å². The summed E-state index contributed by atoms with van der Waals surface area (Å²) in [6.07, 6.45) is 7.16. The van der Waals surface area contributed by atoms with Crippen LogP contribution in [0, 0.1) is 41.5 Å². The molecule has 0 spiro atoms. The molecular weight excluding hydrogens is 749 g/mol. The predicted molar refractivity (Wildman–Crippen MR) is 266 cm³/mol. The van der Waals surface area contributed by atoms with Crippen molar-refractivity contribution in [1.29, 1.82) is 0 Å². The summed E-state index contributed by atoms with van der Waals surface area (Å²) in [6, 6.07) is 50.9. The second kappa shape index (κ2) is 14.6. The molecule has 0 radical (unpaired) electrons. The van der Waals surface area contributed by atoms with Gasteiger partial charge in [0.15, 0.2) is 0 Å². The molecule has 0 N–H and O–H groups in total. The fraction of sp³-hybridized carbons (Fsp3) is 0.233. The van der Waals surface area contributed by atoms with E-state index in [9.17, 15) is 0 Å². The Kier molecular flexibility index (Phi) is 9.37. The maximum Gasteiger partial charge on any atom is 0.0520 e. The maximum atomic E-state index is 2.51. The molecule has 0 unspecified atom stereocenters. The van der Waals surface area contributed by atoms with Crippen LogP contribution < -0.4 is 9.80 Å². The second-order valence-electron chi connectivity index (χ2n) is 19.3. The molecule has 7 aromatic carbocycles. The third kappa shape index (κ3) is 6.29. The quantitative estimate of drug-likeness (QED) is 0.158. The molecule has 0 atom stereocenters. The van der Waals surface area contributed by atoms with Gasteiger partial charge in [-0.2, -0.15) is 0 Å². The van der Waals surface area contributed by atoms with Gasteiger partial charge in [-0.1, -0.05) is 136 Å². The van der Waals surface area contributed by atoms with Gasteiger partial charge >= 0.3 is 0 Å². The summed E-state index contributed by atoms with van der Waals surface area (Å²) in [5.74, 6) is 0. The Morgan fingerprint density at radius 1 is 0.387 bits per heavy atom. The fourth-order valence-electron chi connectivity index (χ4n) is 11.4. The van der Waals surface area contributed by atoms with E-state index in [0.29, 0.717) is 0 Å². The lowest BCUT2D eigenvalue weighted by Crippen LogP contribution is -2.18. The SMILES string of the molecule is Cc1cc(C)c(N(c2cccc(-c3cccc(N(c4ccc5c(c4)C(C)(C)c4ccccc4-5)c4c(C)cc(C)cc4C)c3)c2)c2ccc3c(c2)C(C)(C)C2=CCCC=C23)c(C)c1. The number of anilines is 6. The van der Waals surface area contributed by atoms with Crippen LogP contribution in [0.3, 0.4) is 0 Å². The zero-order valence-corrected chi connectivity index (χ0v) is 38.2. The molecule has 0 fully saturated rings. The molecular formula is C60H58N2. The van der Waals surface area contributed by atoms with Gasteiger partial charge in [-0.15, -0.1) is 0 Å². The van der Waals surface area contributed by atoms with Gasteiger partial charge in [0.2, 0.25) is 0 Å². The van der Waals surface area contributed by atoms with Gasteiger partial charge in [0.25, 0.3) is 0 Å². The predicted octanol–water partition coefficient (Wildman–Crippen LogP) is 16.8. The standard InChI is InChI=1S/C60H58N2/c1-37-29-39(3)57(40(4)30-37)61(47-25-27-51-49-21-11-13-23-53(49)59(7,8)55(51)35-47)45-19-15-17-43(33-45)44-18-16-20-46(34-44)62(58-41(5)31-38(2)32-42(58)6)48-26-28-52-50-22-12-14-24-54(50)60(9,10)56(52)36-48/h11,13,15-36H,12,14H2,1-10H3. The zero-order chi connectivity index (χ0) is 43.2. The van der Waals surface area contributed by atoms with Gasteiger partial charge in [-0.25, -0.2) is 0 Å². The largest absolute Gasteiger partial charge is 0.310 e. The van der Waals surface area contributed by atoms with E-state index >= 15 is 0 Å². The van der Waals surface area contributed by atoms with Crippen molar-refractivity contribution in [3.8, 4) is 22.3 Å². The molecule has 0 amide bonds. The Balaban J connectivity index is 1.11. The molecule has 62 heavy (non-hydrogen) atoms. The van der Waals surface area contributed by atoms with Crippen LogP contribution in [0.2, 0.25) is 0 Å². The van der Waals surface area contributed by atoms with E-state index in [1.54, 1.807) is 0 Å². The molecule has 0 saturated heterocycles. The van der Waals surface area contributed by atoms with Crippen LogP contribution in [0.25, 0.3) is 27.8 Å². The first-order chi connectivity index (χ1) is 29.7. The molecule has 2 nitrogen and oxygen atoms in total. The molecule has 0 aliphatic heterocycles. The minimum Gasteiger partial charge on any atom is -0.310 e. The van der Waals surface area contributed by atoms with Crippen molar-refractivity contribution in [3.05, 3.63) is 207 Å². The first-order valence-electron chi connectivity index (χ1n) is 22.5. The lowest BCUT2D eigenvalue weighted by Gasteiger charge is -2.31. The van der Waals surface area contributed by atoms with Crippen molar-refractivity contribution in [2.45, 2.75) is 92.9 Å². The molecule has 0 bridgehead atoms. The molecule has 0 saturated carbocycles. The van der Waals surface area contributed by atoms with Crippen LogP contribution in [-0.2, 0) is 10.8 Å². The Morgan fingerprint density at radius 2 is 0.839 bits per heavy atom. The van der Waals surface area contributed by atoms with Gasteiger partial charge in [0.1, 0.15) is 0 Å². The molecule has 3 aliphatic rings. The van der Waals surface area contributed by atoms with Crippen LogP contribution in [0.4, 0.5) is 34.1 Å². The lowest BCUT2D eigenvalue weighted by molar-refractivity contribution is 0.654. The van der Waals surface area contributed by atoms with E-state index in [4.69, 9.17) is 0 Å². The molecule has 308 valence electrons. The highest BCUT2D eigenvalue weighted by molar-refractivity contribution is 5.93. The average Bonchev–Trinajstić information content (AvgIpc) is 3.62. The van der Waals surface area contributed by atoms with Gasteiger partial charge in [0, 0.05) is 33.6 Å². The summed E-state index contributed by atoms with van der Waals surface area (Å²) in [6.45, 7) is 23.0. The Hall–Kier alpha value is -6.38. The molecule has 3 aliphatic carbocycles. The van der Waals surface area contributed by atoms with Gasteiger partial charge < -0.3 is 9.80 Å².